The second-order valence-corrected chi connectivity index (χ2v) is 2.54. The Morgan fingerprint density at radius 2 is 2.30 bits per heavy atom. The molecule has 0 unspecified atom stereocenters. The topological polar surface area (TPSA) is 9.23 Å². The minimum atomic E-state index is 0.878. The van der Waals surface area contributed by atoms with Crippen molar-refractivity contribution in [1.82, 2.24) is 0 Å². The quantitative estimate of drug-likeness (QED) is 0.493. The number of hydrogen-bond acceptors (Lipinski definition) is 1. The first-order valence-electron chi connectivity index (χ1n) is 3.65. The van der Waals surface area contributed by atoms with Crippen LogP contribution in [0.3, 0.4) is 0 Å². The van der Waals surface area contributed by atoms with E-state index in [0.29, 0.717) is 0 Å². The van der Waals surface area contributed by atoms with Crippen molar-refractivity contribution in [2.75, 3.05) is 6.61 Å². The van der Waals surface area contributed by atoms with Crippen molar-refractivity contribution in [2.45, 2.75) is 12.8 Å². The highest BCUT2D eigenvalue weighted by Crippen LogP contribution is 2.24. The Labute approximate surface area is 60.7 Å². The second kappa shape index (κ2) is 2.33. The van der Waals surface area contributed by atoms with Crippen molar-refractivity contribution in [3.63, 3.8) is 0 Å². The van der Waals surface area contributed by atoms with Crippen molar-refractivity contribution < 1.29 is 4.74 Å². The summed E-state index contributed by atoms with van der Waals surface area (Å²) >= 11 is 0. The summed E-state index contributed by atoms with van der Waals surface area (Å²) in [6, 6.07) is 0. The molecule has 0 aromatic carbocycles. The van der Waals surface area contributed by atoms with Crippen molar-refractivity contribution >= 4 is 0 Å². The van der Waals surface area contributed by atoms with Gasteiger partial charge in [-0.1, -0.05) is 24.3 Å². The molecule has 0 aromatic rings. The summed E-state index contributed by atoms with van der Waals surface area (Å²) in [7, 11) is 0. The fourth-order valence-corrected chi connectivity index (χ4v) is 1.31. The van der Waals surface area contributed by atoms with Crippen molar-refractivity contribution in [2.24, 2.45) is 0 Å². The van der Waals surface area contributed by atoms with E-state index in [2.05, 4.69) is 24.3 Å². The van der Waals surface area contributed by atoms with E-state index in [1.165, 1.54) is 11.3 Å². The summed E-state index contributed by atoms with van der Waals surface area (Å²) < 4.78 is 5.41. The lowest BCUT2D eigenvalue weighted by atomic mass is 10.2. The molecule has 0 saturated heterocycles. The molecule has 2 rings (SSSR count). The van der Waals surface area contributed by atoms with Crippen LogP contribution < -0.4 is 0 Å². The van der Waals surface area contributed by atoms with E-state index in [0.717, 1.165) is 19.4 Å². The van der Waals surface area contributed by atoms with Gasteiger partial charge in [-0.3, -0.25) is 0 Å². The lowest BCUT2D eigenvalue weighted by molar-refractivity contribution is 0.240. The summed E-state index contributed by atoms with van der Waals surface area (Å²) in [4.78, 5) is 0. The first kappa shape index (κ1) is 5.78. The van der Waals surface area contributed by atoms with Crippen molar-refractivity contribution in [3.05, 3.63) is 35.6 Å². The smallest absolute Gasteiger partial charge is 0.103 e. The van der Waals surface area contributed by atoms with Crippen LogP contribution in [0.1, 0.15) is 12.8 Å². The van der Waals surface area contributed by atoms with Crippen LogP contribution in [0, 0.1) is 0 Å². The van der Waals surface area contributed by atoms with Crippen LogP contribution >= 0.6 is 0 Å². The Hall–Kier alpha value is -0.980. The predicted octanol–water partition coefficient (Wildman–Crippen LogP) is 2.18. The molecule has 0 bridgehead atoms. The second-order valence-electron chi connectivity index (χ2n) is 2.54. The van der Waals surface area contributed by atoms with Gasteiger partial charge in [-0.25, -0.2) is 0 Å². The fraction of sp³-hybridized carbons (Fsp3) is 0.333. The van der Waals surface area contributed by atoms with E-state index < -0.39 is 0 Å². The van der Waals surface area contributed by atoms with Crippen LogP contribution in [-0.2, 0) is 4.74 Å². The SMILES string of the molecule is C1=CCC2=C(C=C1)CCO2. The molecular formula is C9H10O. The zero-order valence-electron chi connectivity index (χ0n) is 5.84. The van der Waals surface area contributed by atoms with Gasteiger partial charge in [0.05, 0.1) is 6.61 Å². The molecule has 2 aliphatic rings. The zero-order valence-corrected chi connectivity index (χ0v) is 5.84. The standard InChI is InChI=1S/C9H10O/c1-2-4-8-6-7-10-9(8)5-3-1/h1-4H,5-7H2. The Balaban J connectivity index is 2.30. The molecule has 0 spiro atoms. The third-order valence-electron chi connectivity index (χ3n) is 1.85. The van der Waals surface area contributed by atoms with E-state index >= 15 is 0 Å². The lowest BCUT2D eigenvalue weighted by Gasteiger charge is -1.97. The summed E-state index contributed by atoms with van der Waals surface area (Å²) in [6.07, 6.45) is 10.5. The van der Waals surface area contributed by atoms with Gasteiger partial charge in [0.1, 0.15) is 5.76 Å². The van der Waals surface area contributed by atoms with Crippen LogP contribution in [0.2, 0.25) is 0 Å². The maximum absolute atomic E-state index is 5.41. The summed E-state index contributed by atoms with van der Waals surface area (Å²) in [5.41, 5.74) is 1.38. The highest BCUT2D eigenvalue weighted by atomic mass is 16.5. The Morgan fingerprint density at radius 3 is 3.30 bits per heavy atom. The highest BCUT2D eigenvalue weighted by molar-refractivity contribution is 5.31. The molecule has 0 fully saturated rings. The number of allylic oxidation sites excluding steroid dienone is 4. The molecular weight excluding hydrogens is 124 g/mol. The van der Waals surface area contributed by atoms with Crippen molar-refractivity contribution in [3.8, 4) is 0 Å². The lowest BCUT2D eigenvalue weighted by Crippen LogP contribution is -1.81. The van der Waals surface area contributed by atoms with E-state index in [1.807, 2.05) is 0 Å². The highest BCUT2D eigenvalue weighted by Gasteiger charge is 2.12. The first-order chi connectivity index (χ1) is 4.97. The summed E-state index contributed by atoms with van der Waals surface area (Å²) in [5, 5.41) is 0. The largest absolute Gasteiger partial charge is 0.497 e. The minimum Gasteiger partial charge on any atom is -0.497 e. The van der Waals surface area contributed by atoms with Gasteiger partial charge in [0.15, 0.2) is 0 Å². The number of rotatable bonds is 0. The molecule has 1 nitrogen and oxygen atoms in total. The molecule has 0 amide bonds. The van der Waals surface area contributed by atoms with Crippen LogP contribution in [0.4, 0.5) is 0 Å². The molecule has 52 valence electrons. The normalized spacial score (nSPS) is 22.4. The molecule has 0 radical (unpaired) electrons. The van der Waals surface area contributed by atoms with Gasteiger partial charge in [-0.05, 0) is 5.57 Å². The molecule has 0 aromatic heterocycles. The molecule has 0 atom stereocenters. The number of ether oxygens (including phenoxy) is 1. The maximum Gasteiger partial charge on any atom is 0.103 e. The van der Waals surface area contributed by atoms with Gasteiger partial charge in [0.25, 0.3) is 0 Å². The van der Waals surface area contributed by atoms with Crippen LogP contribution in [0.25, 0.3) is 0 Å². The van der Waals surface area contributed by atoms with Crippen LogP contribution in [0.15, 0.2) is 35.6 Å². The monoisotopic (exact) mass is 134 g/mol. The van der Waals surface area contributed by atoms with Crippen molar-refractivity contribution in [1.29, 1.82) is 0 Å². The van der Waals surface area contributed by atoms with E-state index in [1.54, 1.807) is 0 Å². The maximum atomic E-state index is 5.41. The van der Waals surface area contributed by atoms with E-state index in [-0.39, 0.29) is 0 Å². The Bertz CT molecular complexity index is 221. The molecule has 1 aliphatic carbocycles. The summed E-state index contributed by atoms with van der Waals surface area (Å²) in [5.74, 6) is 1.17. The predicted molar refractivity (Wildman–Crippen MR) is 40.5 cm³/mol. The minimum absolute atomic E-state index is 0.878. The van der Waals surface area contributed by atoms with Gasteiger partial charge in [0.2, 0.25) is 0 Å². The average molecular weight is 134 g/mol. The molecule has 1 heterocycles. The Morgan fingerprint density at radius 1 is 1.30 bits per heavy atom. The van der Waals surface area contributed by atoms with Gasteiger partial charge in [-0.15, -0.1) is 0 Å². The fourth-order valence-electron chi connectivity index (χ4n) is 1.31. The van der Waals surface area contributed by atoms with E-state index in [4.69, 9.17) is 4.74 Å². The molecule has 0 N–H and O–H groups in total. The van der Waals surface area contributed by atoms with Gasteiger partial charge in [-0.2, -0.15) is 0 Å². The van der Waals surface area contributed by atoms with Gasteiger partial charge >= 0.3 is 0 Å². The number of hydrogen-bond donors (Lipinski definition) is 0. The Kier molecular flexibility index (Phi) is 1.35. The third-order valence-corrected chi connectivity index (χ3v) is 1.85. The first-order valence-corrected chi connectivity index (χ1v) is 3.65. The average Bonchev–Trinajstić information content (AvgIpc) is 2.28. The third kappa shape index (κ3) is 0.878. The molecule has 1 aliphatic heterocycles. The zero-order chi connectivity index (χ0) is 6.81. The van der Waals surface area contributed by atoms with Gasteiger partial charge in [0, 0.05) is 12.8 Å². The molecule has 10 heavy (non-hydrogen) atoms. The molecule has 1 heteroatoms. The van der Waals surface area contributed by atoms with Crippen LogP contribution in [-0.4, -0.2) is 6.61 Å². The molecule has 0 saturated carbocycles. The van der Waals surface area contributed by atoms with E-state index in [9.17, 15) is 0 Å². The van der Waals surface area contributed by atoms with Crippen LogP contribution in [0.5, 0.6) is 0 Å². The van der Waals surface area contributed by atoms with Gasteiger partial charge < -0.3 is 4.74 Å². The summed E-state index contributed by atoms with van der Waals surface area (Å²) in [6.45, 7) is 0.878.